The number of carbonyl (C=O) groups is 2. The first-order valence-corrected chi connectivity index (χ1v) is 15.9. The smallest absolute Gasteiger partial charge is 0.258 e. The minimum Gasteiger partial charge on any atom is -0.490 e. The summed E-state index contributed by atoms with van der Waals surface area (Å²) < 4.78 is 12.8. The van der Waals surface area contributed by atoms with Gasteiger partial charge in [0.1, 0.15) is 5.75 Å². The molecule has 2 amide bonds. The van der Waals surface area contributed by atoms with Crippen molar-refractivity contribution >= 4 is 17.5 Å². The molecule has 4 atom stereocenters. The number of amides is 2. The molecule has 0 fully saturated rings. The lowest BCUT2D eigenvalue weighted by atomic mass is 10.0. The molecular weight excluding hydrogens is 558 g/mol. The van der Waals surface area contributed by atoms with Gasteiger partial charge in [-0.15, -0.1) is 0 Å². The van der Waals surface area contributed by atoms with Gasteiger partial charge in [0, 0.05) is 56.7 Å². The van der Waals surface area contributed by atoms with Gasteiger partial charge in [-0.3, -0.25) is 19.5 Å². The Labute approximate surface area is 263 Å². The minimum absolute atomic E-state index is 0.0151. The third kappa shape index (κ3) is 11.5. The van der Waals surface area contributed by atoms with Gasteiger partial charge in [-0.2, -0.15) is 0 Å². The highest BCUT2D eigenvalue weighted by Crippen LogP contribution is 2.28. The van der Waals surface area contributed by atoms with Gasteiger partial charge in [0.2, 0.25) is 5.91 Å². The zero-order valence-corrected chi connectivity index (χ0v) is 27.5. The highest BCUT2D eigenvalue weighted by atomic mass is 16.5. The van der Waals surface area contributed by atoms with E-state index < -0.39 is 6.04 Å². The minimum atomic E-state index is -0.428. The van der Waals surface area contributed by atoms with Gasteiger partial charge >= 0.3 is 0 Å². The maximum Gasteiger partial charge on any atom is 0.258 e. The maximum atomic E-state index is 14.3. The van der Waals surface area contributed by atoms with E-state index in [0.29, 0.717) is 43.1 Å². The molecule has 1 aliphatic heterocycles. The van der Waals surface area contributed by atoms with E-state index in [9.17, 15) is 14.7 Å². The van der Waals surface area contributed by atoms with Crippen molar-refractivity contribution in [3.05, 3.63) is 53.9 Å². The molecule has 10 heteroatoms. The molecule has 244 valence electrons. The largest absolute Gasteiger partial charge is 0.490 e. The van der Waals surface area contributed by atoms with Crippen molar-refractivity contribution in [2.24, 2.45) is 5.92 Å². The van der Waals surface area contributed by atoms with Crippen LogP contribution in [0.2, 0.25) is 0 Å². The molecule has 1 aliphatic rings. The summed E-state index contributed by atoms with van der Waals surface area (Å²) in [5.74, 6) is 0.126. The standard InChI is InChI=1S/C34H53N5O5/c1-25-21-39(26(2)24-40)34(42)30-20-29(36-33(41)11-9-18-37(4)5)12-13-31(30)44-27(3)10-7-8-19-43-32(25)23-38(6)22-28-14-16-35-17-15-28/h12-17,20,25-27,32,40H,7-11,18-19,21-24H2,1-6H3,(H,36,41)/t25-,26-,27+,32-/m0/s1. The second-order valence-electron chi connectivity index (χ2n) is 12.5. The number of anilines is 1. The van der Waals surface area contributed by atoms with Crippen LogP contribution >= 0.6 is 0 Å². The van der Waals surface area contributed by atoms with Crippen LogP contribution in [-0.4, -0.2) is 109 Å². The number of ether oxygens (including phenoxy) is 2. The van der Waals surface area contributed by atoms with Crippen LogP contribution in [0.5, 0.6) is 5.75 Å². The summed E-state index contributed by atoms with van der Waals surface area (Å²) >= 11 is 0. The van der Waals surface area contributed by atoms with Gasteiger partial charge in [-0.05, 0) is 103 Å². The number of hydrogen-bond acceptors (Lipinski definition) is 8. The molecule has 1 aromatic carbocycles. The number of aliphatic hydroxyl groups is 1. The fourth-order valence-corrected chi connectivity index (χ4v) is 5.41. The molecule has 2 heterocycles. The molecule has 0 bridgehead atoms. The fourth-order valence-electron chi connectivity index (χ4n) is 5.41. The molecule has 0 saturated carbocycles. The van der Waals surface area contributed by atoms with Gasteiger partial charge < -0.3 is 29.7 Å². The first-order valence-electron chi connectivity index (χ1n) is 15.9. The normalized spacial score (nSPS) is 21.0. The Balaban J connectivity index is 1.87. The van der Waals surface area contributed by atoms with Gasteiger partial charge in [0.15, 0.2) is 0 Å². The van der Waals surface area contributed by atoms with Crippen molar-refractivity contribution in [2.75, 3.05) is 59.3 Å². The molecular formula is C34H53N5O5. The van der Waals surface area contributed by atoms with Crippen LogP contribution in [0.4, 0.5) is 5.69 Å². The van der Waals surface area contributed by atoms with Crippen molar-refractivity contribution < 1.29 is 24.2 Å². The summed E-state index contributed by atoms with van der Waals surface area (Å²) in [5, 5.41) is 13.1. The fraction of sp³-hybridized carbons (Fsp3) is 0.618. The SMILES string of the molecule is C[C@@H]1CCCCO[C@@H](CN(C)Cc2ccncc2)[C@@H](C)CN([C@@H](C)CO)C(=O)c2cc(NC(=O)CCCN(C)C)ccc2O1. The van der Waals surface area contributed by atoms with Crippen molar-refractivity contribution in [1.82, 2.24) is 19.7 Å². The number of likely N-dealkylation sites (N-methyl/N-ethyl adjacent to an activating group) is 1. The summed E-state index contributed by atoms with van der Waals surface area (Å²) in [6.07, 6.45) is 7.16. The van der Waals surface area contributed by atoms with Crippen LogP contribution in [0.1, 0.15) is 68.8 Å². The van der Waals surface area contributed by atoms with Gasteiger partial charge in [0.25, 0.3) is 5.91 Å². The number of fused-ring (bicyclic) bond motifs is 1. The molecule has 2 N–H and O–H groups in total. The van der Waals surface area contributed by atoms with E-state index in [0.717, 1.165) is 38.8 Å². The van der Waals surface area contributed by atoms with E-state index in [4.69, 9.17) is 9.47 Å². The van der Waals surface area contributed by atoms with E-state index in [1.165, 1.54) is 5.56 Å². The highest BCUT2D eigenvalue weighted by molar-refractivity contribution is 5.99. The van der Waals surface area contributed by atoms with E-state index >= 15 is 0 Å². The van der Waals surface area contributed by atoms with Crippen LogP contribution in [-0.2, 0) is 16.1 Å². The van der Waals surface area contributed by atoms with Crippen molar-refractivity contribution in [2.45, 2.75) is 77.7 Å². The highest BCUT2D eigenvalue weighted by Gasteiger charge is 2.30. The maximum absolute atomic E-state index is 14.3. The molecule has 2 aromatic rings. The molecule has 0 aliphatic carbocycles. The predicted octanol–water partition coefficient (Wildman–Crippen LogP) is 4.29. The average Bonchev–Trinajstić information content (AvgIpc) is 2.98. The van der Waals surface area contributed by atoms with Crippen LogP contribution in [0.3, 0.4) is 0 Å². The monoisotopic (exact) mass is 611 g/mol. The lowest BCUT2D eigenvalue weighted by molar-refractivity contribution is -0.116. The van der Waals surface area contributed by atoms with Crippen LogP contribution < -0.4 is 10.1 Å². The quantitative estimate of drug-likeness (QED) is 0.388. The van der Waals surface area contributed by atoms with Gasteiger partial charge in [0.05, 0.1) is 30.4 Å². The topological polar surface area (TPSA) is 107 Å². The number of nitrogens with one attached hydrogen (secondary N) is 1. The Morgan fingerprint density at radius 3 is 2.61 bits per heavy atom. The Bertz CT molecular complexity index is 1160. The summed E-state index contributed by atoms with van der Waals surface area (Å²) in [5.41, 5.74) is 2.10. The van der Waals surface area contributed by atoms with Crippen LogP contribution in [0.25, 0.3) is 0 Å². The van der Waals surface area contributed by atoms with E-state index in [2.05, 4.69) is 29.2 Å². The summed E-state index contributed by atoms with van der Waals surface area (Å²) in [6.45, 7) is 9.07. The number of rotatable bonds is 11. The molecule has 44 heavy (non-hydrogen) atoms. The Morgan fingerprint density at radius 2 is 1.91 bits per heavy atom. The van der Waals surface area contributed by atoms with Crippen molar-refractivity contribution in [3.8, 4) is 5.75 Å². The zero-order chi connectivity index (χ0) is 32.1. The van der Waals surface area contributed by atoms with Crippen molar-refractivity contribution in [3.63, 3.8) is 0 Å². The molecule has 0 radical (unpaired) electrons. The molecule has 1 aromatic heterocycles. The number of carbonyl (C=O) groups excluding carboxylic acids is 2. The van der Waals surface area contributed by atoms with Gasteiger partial charge in [-0.1, -0.05) is 6.92 Å². The number of aliphatic hydroxyl groups excluding tert-OH is 1. The van der Waals surface area contributed by atoms with E-state index in [1.807, 2.05) is 45.0 Å². The lowest BCUT2D eigenvalue weighted by Gasteiger charge is -2.36. The number of pyridine rings is 1. The van der Waals surface area contributed by atoms with Crippen LogP contribution in [0.15, 0.2) is 42.7 Å². The lowest BCUT2D eigenvalue weighted by Crippen LogP contribution is -2.47. The number of hydrogen-bond donors (Lipinski definition) is 2. The third-order valence-corrected chi connectivity index (χ3v) is 8.04. The first-order chi connectivity index (χ1) is 21.1. The van der Waals surface area contributed by atoms with E-state index in [1.54, 1.807) is 35.5 Å². The van der Waals surface area contributed by atoms with Gasteiger partial charge in [-0.25, -0.2) is 0 Å². The number of aromatic nitrogens is 1. The Kier molecular flexibility index (Phi) is 14.5. The zero-order valence-electron chi connectivity index (χ0n) is 27.5. The number of benzene rings is 1. The molecule has 0 spiro atoms. The average molecular weight is 612 g/mol. The summed E-state index contributed by atoms with van der Waals surface area (Å²) in [6, 6.07) is 8.87. The molecule has 0 unspecified atom stereocenters. The second kappa shape index (κ2) is 18.0. The van der Waals surface area contributed by atoms with E-state index in [-0.39, 0.29) is 36.5 Å². The van der Waals surface area contributed by atoms with Crippen molar-refractivity contribution in [1.29, 1.82) is 0 Å². The number of nitrogens with zero attached hydrogens (tertiary/aromatic N) is 4. The Hall–Kier alpha value is -3.05. The predicted molar refractivity (Wildman–Crippen MR) is 174 cm³/mol. The third-order valence-electron chi connectivity index (χ3n) is 8.04. The molecule has 3 rings (SSSR count). The summed E-state index contributed by atoms with van der Waals surface area (Å²) in [4.78, 5) is 37.1. The summed E-state index contributed by atoms with van der Waals surface area (Å²) in [7, 11) is 6.04. The molecule has 10 nitrogen and oxygen atoms in total. The Morgan fingerprint density at radius 1 is 1.16 bits per heavy atom. The van der Waals surface area contributed by atoms with Crippen LogP contribution in [0, 0.1) is 5.92 Å². The second-order valence-corrected chi connectivity index (χ2v) is 12.5. The molecule has 0 saturated heterocycles. The first kappa shape index (κ1) is 35.4.